The molecular weight excluding hydrogens is 441 g/mol. The number of carbonyl (C=O) groups is 1. The Kier molecular flexibility index (Phi) is 5.05. The van der Waals surface area contributed by atoms with Crippen LogP contribution in [0.2, 0.25) is 5.02 Å². The van der Waals surface area contributed by atoms with Gasteiger partial charge in [-0.1, -0.05) is 11.6 Å². The molecule has 0 saturated heterocycles. The molecule has 0 atom stereocenters. The number of aromatic nitrogens is 2. The maximum atomic E-state index is 14.3. The minimum atomic E-state index is -3.63. The summed E-state index contributed by atoms with van der Waals surface area (Å²) in [4.78, 5) is 20.6. The van der Waals surface area contributed by atoms with Crippen molar-refractivity contribution in [3.63, 3.8) is 0 Å². The Morgan fingerprint density at radius 1 is 1.34 bits per heavy atom. The number of nitrogens with one attached hydrogen (secondary N) is 2. The fourth-order valence-electron chi connectivity index (χ4n) is 2.76. The first-order valence-corrected chi connectivity index (χ1v) is 11.4. The number of rotatable bonds is 6. The van der Waals surface area contributed by atoms with Crippen molar-refractivity contribution in [1.29, 1.82) is 0 Å². The number of nitrogen functional groups attached to an aromatic ring is 1. The highest BCUT2D eigenvalue weighted by Gasteiger charge is 2.29. The number of hydrogen-bond donors (Lipinski definition) is 3. The molecule has 4 N–H and O–H groups in total. The Hall–Kier alpha value is -2.50. The minimum Gasteiger partial charge on any atom is -0.382 e. The van der Waals surface area contributed by atoms with E-state index in [1.165, 1.54) is 29.1 Å². The summed E-state index contributed by atoms with van der Waals surface area (Å²) in [6.07, 6.45) is 2.95. The van der Waals surface area contributed by atoms with Gasteiger partial charge in [0, 0.05) is 5.38 Å². The third kappa shape index (κ3) is 4.11. The largest absolute Gasteiger partial charge is 0.382 e. The van der Waals surface area contributed by atoms with Crippen molar-refractivity contribution in [1.82, 2.24) is 9.97 Å². The van der Waals surface area contributed by atoms with E-state index in [2.05, 4.69) is 20.0 Å². The second-order valence-corrected chi connectivity index (χ2v) is 9.68. The smallest absolute Gasteiger partial charge is 0.258 e. The summed E-state index contributed by atoms with van der Waals surface area (Å²) in [6.45, 7) is 0. The van der Waals surface area contributed by atoms with Crippen molar-refractivity contribution in [2.75, 3.05) is 21.5 Å². The number of nitrogens with zero attached hydrogens (tertiary/aromatic N) is 2. The van der Waals surface area contributed by atoms with Crippen LogP contribution < -0.4 is 15.8 Å². The molecule has 0 spiro atoms. The lowest BCUT2D eigenvalue weighted by molar-refractivity contribution is 0.102. The van der Waals surface area contributed by atoms with Gasteiger partial charge in [0.25, 0.3) is 5.91 Å². The fourth-order valence-corrected chi connectivity index (χ4v) is 5.51. The van der Waals surface area contributed by atoms with Gasteiger partial charge in [-0.15, -0.1) is 11.3 Å². The van der Waals surface area contributed by atoms with E-state index in [4.69, 9.17) is 17.3 Å². The highest BCUT2D eigenvalue weighted by molar-refractivity contribution is 7.92. The Morgan fingerprint density at radius 3 is 2.83 bits per heavy atom. The molecule has 0 aliphatic heterocycles. The van der Waals surface area contributed by atoms with Crippen LogP contribution >= 0.6 is 22.9 Å². The van der Waals surface area contributed by atoms with Gasteiger partial charge in [0.15, 0.2) is 0 Å². The molecule has 4 rings (SSSR count). The number of benzene rings is 1. The summed E-state index contributed by atoms with van der Waals surface area (Å²) in [5.74, 6) is -1.12. The van der Waals surface area contributed by atoms with Crippen LogP contribution in [0.5, 0.6) is 0 Å². The van der Waals surface area contributed by atoms with Crippen LogP contribution in [0.4, 0.5) is 21.6 Å². The third-order valence-electron chi connectivity index (χ3n) is 4.37. The zero-order chi connectivity index (χ0) is 20.8. The van der Waals surface area contributed by atoms with Gasteiger partial charge in [-0.05, 0) is 30.9 Å². The number of carbonyl (C=O) groups excluding carboxylic acids is 1. The molecule has 0 radical (unpaired) electrons. The highest BCUT2D eigenvalue weighted by Crippen LogP contribution is 2.36. The molecule has 29 heavy (non-hydrogen) atoms. The van der Waals surface area contributed by atoms with Crippen molar-refractivity contribution >= 4 is 66.3 Å². The van der Waals surface area contributed by atoms with Crippen LogP contribution in [0.1, 0.15) is 23.2 Å². The monoisotopic (exact) mass is 455 g/mol. The lowest BCUT2D eigenvalue weighted by Crippen LogP contribution is -2.19. The molecule has 1 aliphatic carbocycles. The summed E-state index contributed by atoms with van der Waals surface area (Å²) in [5.41, 5.74) is 5.94. The van der Waals surface area contributed by atoms with Gasteiger partial charge in [-0.2, -0.15) is 0 Å². The van der Waals surface area contributed by atoms with Crippen LogP contribution in [0.25, 0.3) is 10.2 Å². The van der Waals surface area contributed by atoms with E-state index in [1.54, 1.807) is 0 Å². The maximum Gasteiger partial charge on any atom is 0.258 e. The highest BCUT2D eigenvalue weighted by atomic mass is 35.5. The molecule has 152 valence electrons. The van der Waals surface area contributed by atoms with Gasteiger partial charge in [0.05, 0.1) is 37.9 Å². The van der Waals surface area contributed by atoms with E-state index < -0.39 is 21.7 Å². The predicted octanol–water partition coefficient (Wildman–Crippen LogP) is 3.47. The third-order valence-corrected chi connectivity index (χ3v) is 7.20. The lowest BCUT2D eigenvalue weighted by Gasteiger charge is -2.14. The van der Waals surface area contributed by atoms with Crippen LogP contribution in [0, 0.1) is 11.7 Å². The maximum absolute atomic E-state index is 14.3. The molecule has 0 bridgehead atoms. The molecule has 8 nitrogen and oxygen atoms in total. The van der Waals surface area contributed by atoms with Gasteiger partial charge in [0.1, 0.15) is 18.0 Å². The molecular formula is C17H15ClFN5O3S2. The molecule has 1 amide bonds. The van der Waals surface area contributed by atoms with E-state index in [9.17, 15) is 17.6 Å². The number of hydrogen-bond acceptors (Lipinski definition) is 7. The van der Waals surface area contributed by atoms with Crippen molar-refractivity contribution in [2.24, 2.45) is 5.92 Å². The Balaban J connectivity index is 1.62. The SMILES string of the molecule is Nc1ncnc2c(C(=O)Nc3c(F)ccc(NS(=O)(=O)CC4CC4)c3Cl)csc12. The van der Waals surface area contributed by atoms with E-state index in [-0.39, 0.29) is 39.4 Å². The Bertz CT molecular complexity index is 1230. The number of halogens is 2. The molecule has 1 aliphatic rings. The van der Waals surface area contributed by atoms with Crippen LogP contribution in [0.15, 0.2) is 23.8 Å². The van der Waals surface area contributed by atoms with Crippen LogP contribution in [-0.2, 0) is 10.0 Å². The van der Waals surface area contributed by atoms with Crippen molar-refractivity contribution in [3.8, 4) is 0 Å². The summed E-state index contributed by atoms with van der Waals surface area (Å²) < 4.78 is 41.7. The van der Waals surface area contributed by atoms with Crippen LogP contribution in [-0.4, -0.2) is 30.0 Å². The first-order valence-electron chi connectivity index (χ1n) is 8.52. The average Bonchev–Trinajstić information content (AvgIpc) is 3.34. The fraction of sp³-hybridized carbons (Fsp3) is 0.235. The molecule has 12 heteroatoms. The van der Waals surface area contributed by atoms with Crippen molar-refractivity contribution in [3.05, 3.63) is 40.2 Å². The average molecular weight is 456 g/mol. The lowest BCUT2D eigenvalue weighted by atomic mass is 10.2. The van der Waals surface area contributed by atoms with Gasteiger partial charge in [0.2, 0.25) is 10.0 Å². The van der Waals surface area contributed by atoms with Gasteiger partial charge < -0.3 is 11.1 Å². The summed E-state index contributed by atoms with van der Waals surface area (Å²) in [7, 11) is -3.63. The van der Waals surface area contributed by atoms with E-state index in [0.29, 0.717) is 10.2 Å². The molecule has 1 saturated carbocycles. The zero-order valence-corrected chi connectivity index (χ0v) is 17.2. The summed E-state index contributed by atoms with van der Waals surface area (Å²) in [6, 6.07) is 2.24. The molecule has 1 aromatic carbocycles. The van der Waals surface area contributed by atoms with Gasteiger partial charge >= 0.3 is 0 Å². The van der Waals surface area contributed by atoms with E-state index in [0.717, 1.165) is 18.9 Å². The molecule has 3 aromatic rings. The first kappa shape index (κ1) is 19.8. The molecule has 1 fully saturated rings. The minimum absolute atomic E-state index is 0.00855. The van der Waals surface area contributed by atoms with Crippen LogP contribution in [0.3, 0.4) is 0 Å². The van der Waals surface area contributed by atoms with Crippen molar-refractivity contribution in [2.45, 2.75) is 12.8 Å². The second kappa shape index (κ2) is 7.39. The topological polar surface area (TPSA) is 127 Å². The standard InChI is InChI=1S/C17H15ClFN5O3S2/c18-12-11(24-29(26,27)6-8-1-2-8)4-3-10(19)14(12)23-17(25)9-5-28-15-13(9)21-7-22-16(15)20/h3-5,7-8,24H,1-2,6H2,(H,23,25)(H2,20,21,22). The predicted molar refractivity (Wildman–Crippen MR) is 111 cm³/mol. The number of nitrogens with two attached hydrogens (primary N) is 1. The van der Waals surface area contributed by atoms with Gasteiger partial charge in [-0.25, -0.2) is 22.8 Å². The summed E-state index contributed by atoms with van der Waals surface area (Å²) in [5, 5.41) is 3.68. The zero-order valence-electron chi connectivity index (χ0n) is 14.8. The van der Waals surface area contributed by atoms with E-state index >= 15 is 0 Å². The molecule has 2 heterocycles. The number of thiophene rings is 1. The summed E-state index contributed by atoms with van der Waals surface area (Å²) >= 11 is 7.38. The van der Waals surface area contributed by atoms with Crippen molar-refractivity contribution < 1.29 is 17.6 Å². The number of fused-ring (bicyclic) bond motifs is 1. The number of amides is 1. The van der Waals surface area contributed by atoms with E-state index in [1.807, 2.05) is 0 Å². The quantitative estimate of drug-likeness (QED) is 0.522. The Labute approximate surface area is 174 Å². The molecule has 2 aromatic heterocycles. The first-order chi connectivity index (χ1) is 13.7. The molecule has 0 unspecified atom stereocenters. The second-order valence-electron chi connectivity index (χ2n) is 6.65. The number of anilines is 3. The Morgan fingerprint density at radius 2 is 2.10 bits per heavy atom. The van der Waals surface area contributed by atoms with Gasteiger partial charge in [-0.3, -0.25) is 9.52 Å². The number of sulfonamides is 1. The normalized spacial score (nSPS) is 14.1.